The van der Waals surface area contributed by atoms with Gasteiger partial charge >= 0.3 is 0 Å². The molecule has 18 heavy (non-hydrogen) atoms. The van der Waals surface area contributed by atoms with E-state index in [1.807, 2.05) is 0 Å². The van der Waals surface area contributed by atoms with Gasteiger partial charge in [-0.25, -0.2) is 21.1 Å². The summed E-state index contributed by atoms with van der Waals surface area (Å²) in [6.45, 7) is 1.52. The average Bonchev–Trinajstić information content (AvgIpc) is 2.63. The maximum atomic E-state index is 11.9. The van der Waals surface area contributed by atoms with Gasteiger partial charge in [-0.15, -0.1) is 0 Å². The van der Waals surface area contributed by atoms with Gasteiger partial charge in [-0.2, -0.15) is 0 Å². The molecule has 2 saturated heterocycles. The summed E-state index contributed by atoms with van der Waals surface area (Å²) in [5.74, 6) is -0.656. The molecule has 2 heterocycles. The van der Waals surface area contributed by atoms with Gasteiger partial charge in [0.15, 0.2) is 20.7 Å². The number of ether oxygens (including phenoxy) is 2. The van der Waals surface area contributed by atoms with E-state index in [9.17, 15) is 16.8 Å². The Morgan fingerprint density at radius 3 is 2.00 bits per heavy atom. The van der Waals surface area contributed by atoms with Crippen molar-refractivity contribution in [3.05, 3.63) is 0 Å². The Hall–Kier alpha value is -0.220. The van der Waals surface area contributed by atoms with Crippen LogP contribution in [0.5, 0.6) is 0 Å². The summed E-state index contributed by atoms with van der Waals surface area (Å²) >= 11 is 0. The van der Waals surface area contributed by atoms with Crippen LogP contribution in [0, 0.1) is 0 Å². The largest absolute Gasteiger partial charge is 0.347 e. The highest BCUT2D eigenvalue weighted by Gasteiger charge is 2.42. The molecule has 0 aromatic heterocycles. The number of piperidine rings is 1. The lowest BCUT2D eigenvalue weighted by Gasteiger charge is -2.36. The molecule has 0 amide bonds. The first kappa shape index (κ1) is 14.2. The SMILES string of the molecule is CS(=O)(=O)CS(=O)(=O)N1CCC2(CC1)OCCO2. The van der Waals surface area contributed by atoms with E-state index in [0.29, 0.717) is 26.1 Å². The van der Waals surface area contributed by atoms with Crippen LogP contribution in [0.3, 0.4) is 0 Å². The van der Waals surface area contributed by atoms with Crippen molar-refractivity contribution in [1.29, 1.82) is 0 Å². The van der Waals surface area contributed by atoms with Gasteiger partial charge in [0.05, 0.1) is 13.2 Å². The van der Waals surface area contributed by atoms with Crippen LogP contribution in [0.25, 0.3) is 0 Å². The summed E-state index contributed by atoms with van der Waals surface area (Å²) in [4.78, 5) is 0. The van der Waals surface area contributed by atoms with Gasteiger partial charge in [0.2, 0.25) is 10.0 Å². The molecule has 0 radical (unpaired) electrons. The Morgan fingerprint density at radius 1 is 1.06 bits per heavy atom. The van der Waals surface area contributed by atoms with Crippen LogP contribution < -0.4 is 0 Å². The fourth-order valence-electron chi connectivity index (χ4n) is 2.24. The Kier molecular flexibility index (Phi) is 3.72. The minimum Gasteiger partial charge on any atom is -0.347 e. The minimum atomic E-state index is -3.75. The molecule has 2 rings (SSSR count). The van der Waals surface area contributed by atoms with E-state index in [-0.39, 0.29) is 13.1 Å². The van der Waals surface area contributed by atoms with E-state index >= 15 is 0 Å². The average molecular weight is 299 g/mol. The van der Waals surface area contributed by atoms with Gasteiger partial charge in [-0.05, 0) is 0 Å². The van der Waals surface area contributed by atoms with Gasteiger partial charge in [0.1, 0.15) is 0 Å². The Bertz CT molecular complexity index is 495. The zero-order valence-electron chi connectivity index (χ0n) is 10.2. The minimum absolute atomic E-state index is 0.234. The summed E-state index contributed by atoms with van der Waals surface area (Å²) in [5, 5.41) is -0.839. The van der Waals surface area contributed by atoms with Crippen molar-refractivity contribution < 1.29 is 26.3 Å². The third-order valence-electron chi connectivity index (χ3n) is 3.05. The smallest absolute Gasteiger partial charge is 0.228 e. The zero-order chi connectivity index (χ0) is 13.4. The Balaban J connectivity index is 2.01. The third kappa shape index (κ3) is 3.21. The van der Waals surface area contributed by atoms with Crippen LogP contribution in [0.2, 0.25) is 0 Å². The van der Waals surface area contributed by atoms with Crippen LogP contribution in [0.1, 0.15) is 12.8 Å². The molecule has 0 atom stereocenters. The molecule has 0 N–H and O–H groups in total. The molecule has 2 aliphatic rings. The third-order valence-corrected chi connectivity index (χ3v) is 7.11. The first-order valence-electron chi connectivity index (χ1n) is 5.66. The maximum Gasteiger partial charge on any atom is 0.228 e. The molecule has 0 saturated carbocycles. The summed E-state index contributed by atoms with van der Waals surface area (Å²) in [5.41, 5.74) is 0. The van der Waals surface area contributed by atoms with Crippen LogP contribution in [0.4, 0.5) is 0 Å². The Morgan fingerprint density at radius 2 is 1.56 bits per heavy atom. The quantitative estimate of drug-likeness (QED) is 0.675. The number of rotatable bonds is 3. The molecular formula is C9H17NO6S2. The predicted octanol–water partition coefficient (Wildman–Crippen LogP) is -0.843. The lowest BCUT2D eigenvalue weighted by molar-refractivity contribution is -0.179. The maximum absolute atomic E-state index is 11.9. The first-order valence-corrected chi connectivity index (χ1v) is 9.33. The molecule has 0 aliphatic carbocycles. The molecule has 0 bridgehead atoms. The lowest BCUT2D eigenvalue weighted by Crippen LogP contribution is -2.48. The molecular weight excluding hydrogens is 282 g/mol. The van der Waals surface area contributed by atoms with E-state index < -0.39 is 30.7 Å². The van der Waals surface area contributed by atoms with E-state index in [1.54, 1.807) is 0 Å². The predicted molar refractivity (Wildman–Crippen MR) is 64.1 cm³/mol. The molecule has 0 aromatic carbocycles. The molecule has 0 unspecified atom stereocenters. The van der Waals surface area contributed by atoms with Crippen molar-refractivity contribution in [2.75, 3.05) is 37.6 Å². The van der Waals surface area contributed by atoms with Crippen molar-refractivity contribution in [2.24, 2.45) is 0 Å². The number of hydrogen-bond donors (Lipinski definition) is 0. The fraction of sp³-hybridized carbons (Fsp3) is 1.00. The zero-order valence-corrected chi connectivity index (χ0v) is 11.8. The molecule has 2 fully saturated rings. The number of sulfone groups is 1. The van der Waals surface area contributed by atoms with Gasteiger partial charge < -0.3 is 9.47 Å². The highest BCUT2D eigenvalue weighted by Crippen LogP contribution is 2.32. The van der Waals surface area contributed by atoms with Gasteiger partial charge in [-0.1, -0.05) is 0 Å². The summed E-state index contributed by atoms with van der Waals surface area (Å²) < 4.78 is 58.1. The monoisotopic (exact) mass is 299 g/mol. The van der Waals surface area contributed by atoms with Crippen LogP contribution >= 0.6 is 0 Å². The second kappa shape index (κ2) is 4.71. The molecule has 7 nitrogen and oxygen atoms in total. The van der Waals surface area contributed by atoms with Crippen LogP contribution in [0.15, 0.2) is 0 Å². The van der Waals surface area contributed by atoms with Crippen molar-refractivity contribution in [3.63, 3.8) is 0 Å². The topological polar surface area (TPSA) is 90.0 Å². The fourth-order valence-corrected chi connectivity index (χ4v) is 5.74. The van der Waals surface area contributed by atoms with Gasteiger partial charge in [0, 0.05) is 32.2 Å². The molecule has 9 heteroatoms. The number of hydrogen-bond acceptors (Lipinski definition) is 6. The molecule has 1 spiro atoms. The molecule has 0 aromatic rings. The van der Waals surface area contributed by atoms with Crippen LogP contribution in [-0.4, -0.2) is 64.6 Å². The van der Waals surface area contributed by atoms with E-state index in [0.717, 1.165) is 6.26 Å². The van der Waals surface area contributed by atoms with Gasteiger partial charge in [0.25, 0.3) is 0 Å². The van der Waals surface area contributed by atoms with Crippen molar-refractivity contribution >= 4 is 19.9 Å². The van der Waals surface area contributed by atoms with Crippen molar-refractivity contribution in [3.8, 4) is 0 Å². The lowest BCUT2D eigenvalue weighted by atomic mass is 10.1. The van der Waals surface area contributed by atoms with E-state index in [1.165, 1.54) is 4.31 Å². The van der Waals surface area contributed by atoms with Crippen LogP contribution in [-0.2, 0) is 29.3 Å². The second-order valence-corrected chi connectivity index (χ2v) is 9.14. The standard InChI is InChI=1S/C9H17NO6S2/c1-17(11,12)8-18(13,14)10-4-2-9(3-5-10)15-6-7-16-9/h2-8H2,1H3. The van der Waals surface area contributed by atoms with E-state index in [2.05, 4.69) is 0 Å². The highest BCUT2D eigenvalue weighted by molar-refractivity contribution is 8.06. The Labute approximate surface area is 107 Å². The summed E-state index contributed by atoms with van der Waals surface area (Å²) in [7, 11) is -7.30. The summed E-state index contributed by atoms with van der Waals surface area (Å²) in [6, 6.07) is 0. The normalized spacial score (nSPS) is 25.6. The first-order chi connectivity index (χ1) is 8.23. The van der Waals surface area contributed by atoms with Crippen molar-refractivity contribution in [1.82, 2.24) is 4.31 Å². The number of sulfonamides is 1. The highest BCUT2D eigenvalue weighted by atomic mass is 32.3. The summed E-state index contributed by atoms with van der Waals surface area (Å²) in [6.07, 6.45) is 1.80. The number of nitrogens with zero attached hydrogens (tertiary/aromatic N) is 1. The van der Waals surface area contributed by atoms with E-state index in [4.69, 9.17) is 9.47 Å². The molecule has 2 aliphatic heterocycles. The van der Waals surface area contributed by atoms with Crippen molar-refractivity contribution in [2.45, 2.75) is 18.6 Å². The van der Waals surface area contributed by atoms with Gasteiger partial charge in [-0.3, -0.25) is 0 Å². The molecule has 106 valence electrons. The second-order valence-electron chi connectivity index (χ2n) is 4.66.